The molecule has 1 aromatic carbocycles. The van der Waals surface area contributed by atoms with Gasteiger partial charge >= 0.3 is 0 Å². The number of nitrogens with two attached hydrogens (primary N) is 1. The third kappa shape index (κ3) is 1.75. The van der Waals surface area contributed by atoms with Crippen molar-refractivity contribution in [3.8, 4) is 0 Å². The van der Waals surface area contributed by atoms with Crippen molar-refractivity contribution in [2.75, 3.05) is 11.4 Å². The molecule has 76 valence electrons. The Labute approximate surface area is 85.7 Å². The van der Waals surface area contributed by atoms with E-state index in [9.17, 15) is 0 Å². The minimum absolute atomic E-state index is 0.635. The molecule has 1 aromatic rings. The molecule has 1 aliphatic heterocycles. The first-order valence-electron chi connectivity index (χ1n) is 5.37. The topological polar surface area (TPSA) is 29.3 Å². The summed E-state index contributed by atoms with van der Waals surface area (Å²) >= 11 is 0. The fourth-order valence-corrected chi connectivity index (χ4v) is 2.18. The molecule has 0 amide bonds. The Kier molecular flexibility index (Phi) is 2.73. The predicted molar refractivity (Wildman–Crippen MR) is 60.4 cm³/mol. The summed E-state index contributed by atoms with van der Waals surface area (Å²) in [6, 6.07) is 9.26. The minimum Gasteiger partial charge on any atom is -0.369 e. The largest absolute Gasteiger partial charge is 0.369 e. The van der Waals surface area contributed by atoms with E-state index in [-0.39, 0.29) is 0 Å². The zero-order valence-electron chi connectivity index (χ0n) is 8.74. The van der Waals surface area contributed by atoms with Gasteiger partial charge in [-0.15, -0.1) is 0 Å². The first kappa shape index (κ1) is 9.53. The summed E-state index contributed by atoms with van der Waals surface area (Å²) < 4.78 is 0. The Morgan fingerprint density at radius 2 is 2.36 bits per heavy atom. The molecule has 1 fully saturated rings. The van der Waals surface area contributed by atoms with Crippen LogP contribution in [-0.4, -0.2) is 12.6 Å². The fraction of sp³-hybridized carbons (Fsp3) is 0.500. The molecular weight excluding hydrogens is 172 g/mol. The highest BCUT2D eigenvalue weighted by atomic mass is 15.2. The van der Waals surface area contributed by atoms with Crippen molar-refractivity contribution < 1.29 is 0 Å². The Morgan fingerprint density at radius 3 is 3.00 bits per heavy atom. The highest BCUT2D eigenvalue weighted by Gasteiger charge is 2.20. The van der Waals surface area contributed by atoms with E-state index in [4.69, 9.17) is 5.73 Å². The number of hydrogen-bond donors (Lipinski definition) is 1. The second-order valence-electron chi connectivity index (χ2n) is 4.06. The number of rotatable bonds is 2. The number of anilines is 1. The van der Waals surface area contributed by atoms with Gasteiger partial charge in [-0.25, -0.2) is 0 Å². The summed E-state index contributed by atoms with van der Waals surface area (Å²) in [6.45, 7) is 4.12. The van der Waals surface area contributed by atoms with Crippen LogP contribution >= 0.6 is 0 Å². The first-order chi connectivity index (χ1) is 6.81. The van der Waals surface area contributed by atoms with E-state index in [0.29, 0.717) is 12.6 Å². The third-order valence-corrected chi connectivity index (χ3v) is 3.03. The average Bonchev–Trinajstić information content (AvgIpc) is 2.65. The van der Waals surface area contributed by atoms with Crippen molar-refractivity contribution in [1.29, 1.82) is 0 Å². The standard InChI is InChI=1S/C12H18N2/c1-10-4-3-7-14(10)12-6-2-5-11(8-12)9-13/h2,5-6,8,10H,3-4,7,9,13H2,1H3. The predicted octanol–water partition coefficient (Wildman–Crippen LogP) is 2.13. The van der Waals surface area contributed by atoms with Gasteiger partial charge < -0.3 is 10.6 Å². The van der Waals surface area contributed by atoms with Crippen molar-refractivity contribution in [3.63, 3.8) is 0 Å². The van der Waals surface area contributed by atoms with E-state index in [0.717, 1.165) is 0 Å². The number of hydrogen-bond acceptors (Lipinski definition) is 2. The average molecular weight is 190 g/mol. The van der Waals surface area contributed by atoms with Crippen LogP contribution in [0.15, 0.2) is 24.3 Å². The van der Waals surface area contributed by atoms with Crippen LogP contribution in [-0.2, 0) is 6.54 Å². The smallest absolute Gasteiger partial charge is 0.0371 e. The van der Waals surface area contributed by atoms with Crippen LogP contribution in [0, 0.1) is 0 Å². The second kappa shape index (κ2) is 4.01. The molecule has 0 aliphatic carbocycles. The highest BCUT2D eigenvalue weighted by Crippen LogP contribution is 2.25. The minimum atomic E-state index is 0.635. The lowest BCUT2D eigenvalue weighted by atomic mass is 10.1. The van der Waals surface area contributed by atoms with Crippen molar-refractivity contribution in [1.82, 2.24) is 0 Å². The molecule has 0 bridgehead atoms. The van der Waals surface area contributed by atoms with Gasteiger partial charge in [0, 0.05) is 24.8 Å². The molecule has 0 radical (unpaired) electrons. The third-order valence-electron chi connectivity index (χ3n) is 3.03. The van der Waals surface area contributed by atoms with Crippen LogP contribution < -0.4 is 10.6 Å². The van der Waals surface area contributed by atoms with E-state index in [2.05, 4.69) is 36.1 Å². The molecule has 0 spiro atoms. The quantitative estimate of drug-likeness (QED) is 0.774. The molecule has 2 nitrogen and oxygen atoms in total. The first-order valence-corrected chi connectivity index (χ1v) is 5.37. The van der Waals surface area contributed by atoms with Crippen LogP contribution in [0.5, 0.6) is 0 Å². The van der Waals surface area contributed by atoms with Gasteiger partial charge in [0.1, 0.15) is 0 Å². The van der Waals surface area contributed by atoms with Gasteiger partial charge in [0.15, 0.2) is 0 Å². The molecule has 1 aliphatic rings. The van der Waals surface area contributed by atoms with Gasteiger partial charge in [-0.2, -0.15) is 0 Å². The van der Waals surface area contributed by atoms with Crippen LogP contribution in [0.2, 0.25) is 0 Å². The van der Waals surface area contributed by atoms with Crippen molar-refractivity contribution in [2.24, 2.45) is 5.73 Å². The van der Waals surface area contributed by atoms with Gasteiger partial charge in [0.25, 0.3) is 0 Å². The van der Waals surface area contributed by atoms with E-state index in [1.165, 1.54) is 30.6 Å². The van der Waals surface area contributed by atoms with E-state index in [1.807, 2.05) is 0 Å². The Morgan fingerprint density at radius 1 is 1.50 bits per heavy atom. The molecule has 1 unspecified atom stereocenters. The molecule has 2 heteroatoms. The van der Waals surface area contributed by atoms with E-state index >= 15 is 0 Å². The summed E-state index contributed by atoms with van der Waals surface area (Å²) in [5.74, 6) is 0. The van der Waals surface area contributed by atoms with E-state index < -0.39 is 0 Å². The summed E-state index contributed by atoms with van der Waals surface area (Å²) in [5.41, 5.74) is 8.19. The number of benzene rings is 1. The molecular formula is C12H18N2. The van der Waals surface area contributed by atoms with Gasteiger partial charge in [0.05, 0.1) is 0 Å². The maximum Gasteiger partial charge on any atom is 0.0371 e. The van der Waals surface area contributed by atoms with Gasteiger partial charge in [-0.1, -0.05) is 12.1 Å². The summed E-state index contributed by atoms with van der Waals surface area (Å²) in [4.78, 5) is 2.47. The monoisotopic (exact) mass is 190 g/mol. The maximum atomic E-state index is 5.63. The molecule has 0 aromatic heterocycles. The molecule has 14 heavy (non-hydrogen) atoms. The summed E-state index contributed by atoms with van der Waals surface area (Å²) in [6.07, 6.45) is 2.63. The van der Waals surface area contributed by atoms with Crippen LogP contribution in [0.3, 0.4) is 0 Å². The zero-order valence-corrected chi connectivity index (χ0v) is 8.74. The van der Waals surface area contributed by atoms with E-state index in [1.54, 1.807) is 0 Å². The zero-order chi connectivity index (χ0) is 9.97. The lowest BCUT2D eigenvalue weighted by Crippen LogP contribution is -2.26. The van der Waals surface area contributed by atoms with Crippen LogP contribution in [0.1, 0.15) is 25.3 Å². The number of nitrogens with zero attached hydrogens (tertiary/aromatic N) is 1. The molecule has 2 rings (SSSR count). The van der Waals surface area contributed by atoms with Crippen LogP contribution in [0.25, 0.3) is 0 Å². The van der Waals surface area contributed by atoms with Crippen molar-refractivity contribution >= 4 is 5.69 Å². The highest BCUT2D eigenvalue weighted by molar-refractivity contribution is 5.50. The lowest BCUT2D eigenvalue weighted by Gasteiger charge is -2.24. The summed E-state index contributed by atoms with van der Waals surface area (Å²) in [5, 5.41) is 0. The SMILES string of the molecule is CC1CCCN1c1cccc(CN)c1. The molecule has 1 saturated heterocycles. The maximum absolute atomic E-state index is 5.63. The normalized spacial score (nSPS) is 21.6. The second-order valence-corrected chi connectivity index (χ2v) is 4.06. The van der Waals surface area contributed by atoms with Gasteiger partial charge in [-0.3, -0.25) is 0 Å². The summed E-state index contributed by atoms with van der Waals surface area (Å²) in [7, 11) is 0. The Hall–Kier alpha value is -1.02. The lowest BCUT2D eigenvalue weighted by molar-refractivity contribution is 0.734. The molecule has 2 N–H and O–H groups in total. The van der Waals surface area contributed by atoms with Crippen molar-refractivity contribution in [2.45, 2.75) is 32.4 Å². The fourth-order valence-electron chi connectivity index (χ4n) is 2.18. The Bertz CT molecular complexity index is 309. The Balaban J connectivity index is 2.22. The molecule has 1 heterocycles. The van der Waals surface area contributed by atoms with Gasteiger partial charge in [-0.05, 0) is 37.5 Å². The van der Waals surface area contributed by atoms with Crippen LogP contribution in [0.4, 0.5) is 5.69 Å². The molecule has 0 saturated carbocycles. The van der Waals surface area contributed by atoms with Gasteiger partial charge in [0.2, 0.25) is 0 Å². The molecule has 1 atom stereocenters. The van der Waals surface area contributed by atoms with Crippen molar-refractivity contribution in [3.05, 3.63) is 29.8 Å².